The maximum Gasteiger partial charge on any atom is 0.0758 e. The van der Waals surface area contributed by atoms with Crippen LogP contribution in [0.2, 0.25) is 0 Å². The first-order valence-corrected chi connectivity index (χ1v) is 4.99. The fraction of sp³-hybridized carbons (Fsp3) is 0.600. The first kappa shape index (κ1) is 9.55. The number of nitrogens with two attached hydrogens (primary N) is 1. The Bertz CT molecular complexity index is 287. The van der Waals surface area contributed by atoms with Crippen LogP contribution in [0.25, 0.3) is 0 Å². The van der Waals surface area contributed by atoms with Crippen LogP contribution < -0.4 is 5.73 Å². The number of rotatable bonds is 1. The minimum atomic E-state index is 0.313. The number of likely N-dealkylation sites (tertiary alicyclic amines) is 1. The van der Waals surface area contributed by atoms with Crippen molar-refractivity contribution in [2.75, 3.05) is 13.6 Å². The van der Waals surface area contributed by atoms with Crippen molar-refractivity contribution in [3.63, 3.8) is 0 Å². The quantitative estimate of drug-likeness (QED) is 0.707. The molecule has 2 rings (SSSR count). The maximum absolute atomic E-state index is 5.89. The Balaban J connectivity index is 2.12. The average molecular weight is 192 g/mol. The van der Waals surface area contributed by atoms with E-state index < -0.39 is 0 Å². The molecule has 4 nitrogen and oxygen atoms in total. The van der Waals surface area contributed by atoms with E-state index in [1.807, 2.05) is 6.20 Å². The average Bonchev–Trinajstić information content (AvgIpc) is 2.19. The normalized spacial score (nSPS) is 29.0. The summed E-state index contributed by atoms with van der Waals surface area (Å²) in [5, 5.41) is 0. The van der Waals surface area contributed by atoms with Crippen molar-refractivity contribution in [1.29, 1.82) is 0 Å². The lowest BCUT2D eigenvalue weighted by atomic mass is 9.97. The lowest BCUT2D eigenvalue weighted by Crippen LogP contribution is -2.42. The van der Waals surface area contributed by atoms with Crippen molar-refractivity contribution in [3.8, 4) is 0 Å². The Kier molecular flexibility index (Phi) is 2.74. The summed E-state index contributed by atoms with van der Waals surface area (Å²) in [7, 11) is 2.10. The second-order valence-electron chi connectivity index (χ2n) is 3.92. The van der Waals surface area contributed by atoms with Crippen LogP contribution in [0.5, 0.6) is 0 Å². The molecule has 1 saturated heterocycles. The zero-order chi connectivity index (χ0) is 9.97. The van der Waals surface area contributed by atoms with Crippen LogP contribution in [0.3, 0.4) is 0 Å². The van der Waals surface area contributed by atoms with E-state index in [9.17, 15) is 0 Å². The second-order valence-corrected chi connectivity index (χ2v) is 3.92. The molecular formula is C10H16N4. The number of hydrogen-bond donors (Lipinski definition) is 1. The number of hydrogen-bond acceptors (Lipinski definition) is 4. The summed E-state index contributed by atoms with van der Waals surface area (Å²) in [5.74, 6) is 0. The van der Waals surface area contributed by atoms with Crippen LogP contribution in [0, 0.1) is 0 Å². The van der Waals surface area contributed by atoms with E-state index in [1.54, 1.807) is 12.4 Å². The zero-order valence-corrected chi connectivity index (χ0v) is 8.43. The highest BCUT2D eigenvalue weighted by atomic mass is 15.2. The Labute approximate surface area is 84.2 Å². The Morgan fingerprint density at radius 2 is 2.29 bits per heavy atom. The lowest BCUT2D eigenvalue weighted by Gasteiger charge is -2.35. The third-order valence-electron chi connectivity index (χ3n) is 2.79. The maximum atomic E-state index is 5.89. The summed E-state index contributed by atoms with van der Waals surface area (Å²) in [4.78, 5) is 10.7. The van der Waals surface area contributed by atoms with Crippen LogP contribution in [0.15, 0.2) is 18.6 Å². The summed E-state index contributed by atoms with van der Waals surface area (Å²) in [6, 6.07) is 0.705. The molecule has 0 radical (unpaired) electrons. The molecule has 1 aromatic rings. The zero-order valence-electron chi connectivity index (χ0n) is 8.43. The molecule has 2 unspecified atom stereocenters. The lowest BCUT2D eigenvalue weighted by molar-refractivity contribution is 0.166. The molecule has 0 aromatic carbocycles. The van der Waals surface area contributed by atoms with Crippen LogP contribution in [-0.2, 0) is 0 Å². The van der Waals surface area contributed by atoms with Crippen LogP contribution in [0.4, 0.5) is 0 Å². The van der Waals surface area contributed by atoms with Crippen molar-refractivity contribution in [3.05, 3.63) is 24.3 Å². The molecule has 1 fully saturated rings. The summed E-state index contributed by atoms with van der Waals surface area (Å²) >= 11 is 0. The summed E-state index contributed by atoms with van der Waals surface area (Å²) in [6.45, 7) is 0.946. The SMILES string of the molecule is CN1CC(N)CCC1c1cnccn1. The Morgan fingerprint density at radius 1 is 1.43 bits per heavy atom. The molecule has 76 valence electrons. The highest BCUT2D eigenvalue weighted by molar-refractivity contribution is 5.04. The van der Waals surface area contributed by atoms with Gasteiger partial charge in [-0.2, -0.15) is 0 Å². The molecule has 14 heavy (non-hydrogen) atoms. The summed E-state index contributed by atoms with van der Waals surface area (Å²) < 4.78 is 0. The summed E-state index contributed by atoms with van der Waals surface area (Å²) in [6.07, 6.45) is 7.45. The molecule has 4 heteroatoms. The molecule has 1 aromatic heterocycles. The minimum absolute atomic E-state index is 0.313. The first-order valence-electron chi connectivity index (χ1n) is 4.99. The fourth-order valence-corrected chi connectivity index (χ4v) is 2.04. The molecule has 1 aliphatic heterocycles. The molecule has 0 saturated carbocycles. The van der Waals surface area contributed by atoms with Gasteiger partial charge in [0, 0.05) is 31.2 Å². The van der Waals surface area contributed by atoms with Gasteiger partial charge in [0.25, 0.3) is 0 Å². The van der Waals surface area contributed by atoms with Gasteiger partial charge in [-0.15, -0.1) is 0 Å². The number of likely N-dealkylation sites (N-methyl/N-ethyl adjacent to an activating group) is 1. The third kappa shape index (κ3) is 1.91. The van der Waals surface area contributed by atoms with Gasteiger partial charge < -0.3 is 5.73 Å². The van der Waals surface area contributed by atoms with E-state index in [0.717, 1.165) is 25.1 Å². The Hall–Kier alpha value is -1.00. The van der Waals surface area contributed by atoms with Gasteiger partial charge in [-0.05, 0) is 19.9 Å². The monoisotopic (exact) mass is 192 g/mol. The van der Waals surface area contributed by atoms with Gasteiger partial charge in [0.2, 0.25) is 0 Å². The van der Waals surface area contributed by atoms with Crippen LogP contribution in [0.1, 0.15) is 24.6 Å². The van der Waals surface area contributed by atoms with E-state index in [4.69, 9.17) is 5.73 Å². The smallest absolute Gasteiger partial charge is 0.0758 e. The number of piperidine rings is 1. The van der Waals surface area contributed by atoms with Crippen molar-refractivity contribution in [1.82, 2.24) is 14.9 Å². The predicted octanol–water partition coefficient (Wildman–Crippen LogP) is 0.571. The molecule has 2 heterocycles. The first-order chi connectivity index (χ1) is 6.77. The molecule has 1 aliphatic rings. The molecule has 2 atom stereocenters. The van der Waals surface area contributed by atoms with E-state index in [-0.39, 0.29) is 0 Å². The molecule has 0 bridgehead atoms. The molecule has 2 N–H and O–H groups in total. The largest absolute Gasteiger partial charge is 0.327 e. The van der Waals surface area contributed by atoms with Crippen molar-refractivity contribution >= 4 is 0 Å². The van der Waals surface area contributed by atoms with Gasteiger partial charge in [-0.3, -0.25) is 14.9 Å². The number of nitrogens with zero attached hydrogens (tertiary/aromatic N) is 3. The van der Waals surface area contributed by atoms with Crippen LogP contribution in [-0.4, -0.2) is 34.5 Å². The predicted molar refractivity (Wildman–Crippen MR) is 54.6 cm³/mol. The van der Waals surface area contributed by atoms with Crippen molar-refractivity contribution in [2.45, 2.75) is 24.9 Å². The minimum Gasteiger partial charge on any atom is -0.327 e. The topological polar surface area (TPSA) is 55.0 Å². The standard InChI is InChI=1S/C10H16N4/c1-14-7-8(11)2-3-10(14)9-6-12-4-5-13-9/h4-6,8,10H,2-3,7,11H2,1H3. The summed E-state index contributed by atoms with van der Waals surface area (Å²) in [5.41, 5.74) is 6.95. The van der Waals surface area contributed by atoms with E-state index in [1.165, 1.54) is 0 Å². The Morgan fingerprint density at radius 3 is 2.93 bits per heavy atom. The number of aromatic nitrogens is 2. The van der Waals surface area contributed by atoms with Gasteiger partial charge in [0.15, 0.2) is 0 Å². The molecular weight excluding hydrogens is 176 g/mol. The van der Waals surface area contributed by atoms with Crippen molar-refractivity contribution in [2.24, 2.45) is 5.73 Å². The molecule has 0 spiro atoms. The molecule has 0 aliphatic carbocycles. The van der Waals surface area contributed by atoms with E-state index in [0.29, 0.717) is 12.1 Å². The van der Waals surface area contributed by atoms with E-state index >= 15 is 0 Å². The highest BCUT2D eigenvalue weighted by Crippen LogP contribution is 2.26. The van der Waals surface area contributed by atoms with Gasteiger partial charge in [-0.25, -0.2) is 0 Å². The van der Waals surface area contributed by atoms with E-state index in [2.05, 4.69) is 21.9 Å². The van der Waals surface area contributed by atoms with Gasteiger partial charge in [0.1, 0.15) is 0 Å². The third-order valence-corrected chi connectivity index (χ3v) is 2.79. The fourth-order valence-electron chi connectivity index (χ4n) is 2.04. The second kappa shape index (κ2) is 4.02. The van der Waals surface area contributed by atoms with Gasteiger partial charge in [0.05, 0.1) is 11.7 Å². The van der Waals surface area contributed by atoms with Crippen LogP contribution >= 0.6 is 0 Å². The highest BCUT2D eigenvalue weighted by Gasteiger charge is 2.25. The van der Waals surface area contributed by atoms with Crippen molar-refractivity contribution < 1.29 is 0 Å². The van der Waals surface area contributed by atoms with Gasteiger partial charge in [-0.1, -0.05) is 0 Å². The molecule has 0 amide bonds. The van der Waals surface area contributed by atoms with Gasteiger partial charge >= 0.3 is 0 Å².